The minimum absolute atomic E-state index is 0.113. The van der Waals surface area contributed by atoms with Gasteiger partial charge in [0.2, 0.25) is 0 Å². The first-order valence-electron chi connectivity index (χ1n) is 9.33. The summed E-state index contributed by atoms with van der Waals surface area (Å²) in [5.41, 5.74) is 0. The maximum absolute atomic E-state index is 10.3. The van der Waals surface area contributed by atoms with E-state index in [0.717, 1.165) is 31.0 Å². The second-order valence-electron chi connectivity index (χ2n) is 8.00. The van der Waals surface area contributed by atoms with Gasteiger partial charge in [-0.25, -0.2) is 0 Å². The van der Waals surface area contributed by atoms with Gasteiger partial charge in [-0.2, -0.15) is 0 Å². The maximum Gasteiger partial charge on any atom is 0.0578 e. The highest BCUT2D eigenvalue weighted by molar-refractivity contribution is 4.94. The van der Waals surface area contributed by atoms with E-state index < -0.39 is 0 Å². The molecule has 2 N–H and O–H groups in total. The van der Waals surface area contributed by atoms with Gasteiger partial charge in [-0.15, -0.1) is 0 Å². The zero-order valence-electron chi connectivity index (χ0n) is 13.9. The smallest absolute Gasteiger partial charge is 0.0578 e. The highest BCUT2D eigenvalue weighted by atomic mass is 16.3. The van der Waals surface area contributed by atoms with Gasteiger partial charge in [0.25, 0.3) is 0 Å². The Balaban J connectivity index is 1.59. The Bertz CT molecular complexity index is 323. The first-order chi connectivity index (χ1) is 10.2. The number of aliphatic hydroxyl groups excluding tert-OH is 1. The molecule has 3 rings (SSSR count). The molecule has 122 valence electrons. The molecule has 0 amide bonds. The third-order valence-electron chi connectivity index (χ3n) is 6.17. The SMILES string of the molecule is CCC(O)C1CC(NC2CCCC2)CN(C2CC(C)C2)C1. The van der Waals surface area contributed by atoms with Crippen LogP contribution in [0.25, 0.3) is 0 Å². The first-order valence-corrected chi connectivity index (χ1v) is 9.33. The van der Waals surface area contributed by atoms with Crippen molar-refractivity contribution in [2.75, 3.05) is 13.1 Å². The molecule has 3 aliphatic rings. The second kappa shape index (κ2) is 6.97. The largest absolute Gasteiger partial charge is 0.393 e. The van der Waals surface area contributed by atoms with Crippen LogP contribution in [0.4, 0.5) is 0 Å². The minimum Gasteiger partial charge on any atom is -0.393 e. The van der Waals surface area contributed by atoms with E-state index in [4.69, 9.17) is 0 Å². The Morgan fingerprint density at radius 2 is 1.81 bits per heavy atom. The lowest BCUT2D eigenvalue weighted by molar-refractivity contribution is -0.0107. The number of rotatable bonds is 5. The predicted molar refractivity (Wildman–Crippen MR) is 87.3 cm³/mol. The van der Waals surface area contributed by atoms with Crippen LogP contribution in [0.2, 0.25) is 0 Å². The fourth-order valence-electron chi connectivity index (χ4n) is 4.79. The van der Waals surface area contributed by atoms with Gasteiger partial charge in [0, 0.05) is 31.2 Å². The van der Waals surface area contributed by atoms with E-state index in [1.807, 2.05) is 0 Å². The third-order valence-corrected chi connectivity index (χ3v) is 6.17. The molecule has 2 saturated carbocycles. The summed E-state index contributed by atoms with van der Waals surface area (Å²) in [5.74, 6) is 1.38. The molecule has 1 aliphatic heterocycles. The van der Waals surface area contributed by atoms with Gasteiger partial charge in [0.05, 0.1) is 6.10 Å². The zero-order valence-corrected chi connectivity index (χ0v) is 13.9. The Morgan fingerprint density at radius 3 is 2.43 bits per heavy atom. The molecule has 3 heteroatoms. The van der Waals surface area contributed by atoms with E-state index in [9.17, 15) is 5.11 Å². The molecule has 0 radical (unpaired) electrons. The fourth-order valence-corrected chi connectivity index (χ4v) is 4.79. The molecule has 1 heterocycles. The van der Waals surface area contributed by atoms with E-state index in [1.54, 1.807) is 0 Å². The van der Waals surface area contributed by atoms with Crippen molar-refractivity contribution in [1.82, 2.24) is 10.2 Å². The van der Waals surface area contributed by atoms with Crippen LogP contribution in [-0.4, -0.2) is 47.3 Å². The van der Waals surface area contributed by atoms with E-state index >= 15 is 0 Å². The van der Waals surface area contributed by atoms with Crippen molar-refractivity contribution in [1.29, 1.82) is 0 Å². The normalized spacial score (nSPS) is 40.1. The van der Waals surface area contributed by atoms with Crippen molar-refractivity contribution in [3.63, 3.8) is 0 Å². The van der Waals surface area contributed by atoms with Gasteiger partial charge in [0.15, 0.2) is 0 Å². The zero-order chi connectivity index (χ0) is 14.8. The molecule has 3 nitrogen and oxygen atoms in total. The van der Waals surface area contributed by atoms with Crippen LogP contribution >= 0.6 is 0 Å². The molecule has 0 aromatic rings. The van der Waals surface area contributed by atoms with Crippen molar-refractivity contribution in [3.8, 4) is 0 Å². The van der Waals surface area contributed by atoms with E-state index in [-0.39, 0.29) is 6.10 Å². The van der Waals surface area contributed by atoms with Crippen LogP contribution in [0.5, 0.6) is 0 Å². The molecular formula is C18H34N2O. The van der Waals surface area contributed by atoms with Crippen LogP contribution in [0.3, 0.4) is 0 Å². The van der Waals surface area contributed by atoms with Gasteiger partial charge < -0.3 is 10.4 Å². The van der Waals surface area contributed by atoms with E-state index in [1.165, 1.54) is 51.5 Å². The van der Waals surface area contributed by atoms with E-state index in [2.05, 4.69) is 24.1 Å². The van der Waals surface area contributed by atoms with Gasteiger partial charge in [-0.1, -0.05) is 26.7 Å². The summed E-state index contributed by atoms with van der Waals surface area (Å²) >= 11 is 0. The molecule has 3 atom stereocenters. The van der Waals surface area contributed by atoms with Crippen molar-refractivity contribution >= 4 is 0 Å². The Hall–Kier alpha value is -0.120. The predicted octanol–water partition coefficient (Wildman–Crippen LogP) is 2.78. The number of nitrogens with zero attached hydrogens (tertiary/aromatic N) is 1. The van der Waals surface area contributed by atoms with Crippen molar-refractivity contribution in [2.24, 2.45) is 11.8 Å². The third kappa shape index (κ3) is 3.80. The van der Waals surface area contributed by atoms with Crippen molar-refractivity contribution in [2.45, 2.75) is 89.4 Å². The number of likely N-dealkylation sites (tertiary alicyclic amines) is 1. The topological polar surface area (TPSA) is 35.5 Å². The summed E-state index contributed by atoms with van der Waals surface area (Å²) < 4.78 is 0. The molecule has 1 saturated heterocycles. The van der Waals surface area contributed by atoms with Crippen molar-refractivity contribution < 1.29 is 5.11 Å². The van der Waals surface area contributed by atoms with Gasteiger partial charge >= 0.3 is 0 Å². The monoisotopic (exact) mass is 294 g/mol. The quantitative estimate of drug-likeness (QED) is 0.818. The highest BCUT2D eigenvalue weighted by Crippen LogP contribution is 2.35. The lowest BCUT2D eigenvalue weighted by Crippen LogP contribution is -2.58. The van der Waals surface area contributed by atoms with Crippen LogP contribution in [0.15, 0.2) is 0 Å². The average Bonchev–Trinajstić information content (AvgIpc) is 2.95. The lowest BCUT2D eigenvalue weighted by Gasteiger charge is -2.48. The van der Waals surface area contributed by atoms with Crippen LogP contribution in [0.1, 0.15) is 65.2 Å². The minimum atomic E-state index is -0.113. The van der Waals surface area contributed by atoms with Gasteiger partial charge in [0.1, 0.15) is 0 Å². The Labute approximate surface area is 130 Å². The molecule has 3 unspecified atom stereocenters. The summed E-state index contributed by atoms with van der Waals surface area (Å²) in [5, 5.41) is 14.3. The summed E-state index contributed by atoms with van der Waals surface area (Å²) in [7, 11) is 0. The Morgan fingerprint density at radius 1 is 1.10 bits per heavy atom. The molecule has 0 aromatic heterocycles. The molecule has 3 fully saturated rings. The highest BCUT2D eigenvalue weighted by Gasteiger charge is 2.38. The summed E-state index contributed by atoms with van der Waals surface area (Å²) in [6.07, 6.45) is 10.2. The lowest BCUT2D eigenvalue weighted by atomic mass is 9.78. The number of hydrogen-bond donors (Lipinski definition) is 2. The summed E-state index contributed by atoms with van der Waals surface area (Å²) in [6.45, 7) is 6.82. The van der Waals surface area contributed by atoms with Crippen LogP contribution < -0.4 is 5.32 Å². The number of piperidine rings is 1. The van der Waals surface area contributed by atoms with Crippen LogP contribution in [-0.2, 0) is 0 Å². The second-order valence-corrected chi connectivity index (χ2v) is 8.00. The first kappa shape index (κ1) is 15.8. The molecule has 21 heavy (non-hydrogen) atoms. The number of aliphatic hydroxyl groups is 1. The molecule has 0 spiro atoms. The van der Waals surface area contributed by atoms with E-state index in [0.29, 0.717) is 12.0 Å². The molecule has 0 bridgehead atoms. The van der Waals surface area contributed by atoms with Crippen molar-refractivity contribution in [3.05, 3.63) is 0 Å². The van der Waals surface area contributed by atoms with Gasteiger partial charge in [-0.05, 0) is 50.4 Å². The van der Waals surface area contributed by atoms with Crippen LogP contribution in [0, 0.1) is 11.8 Å². The van der Waals surface area contributed by atoms with Gasteiger partial charge in [-0.3, -0.25) is 4.90 Å². The molecule has 2 aliphatic carbocycles. The maximum atomic E-state index is 10.3. The fraction of sp³-hybridized carbons (Fsp3) is 1.00. The summed E-state index contributed by atoms with van der Waals surface area (Å²) in [6, 6.07) is 2.14. The summed E-state index contributed by atoms with van der Waals surface area (Å²) in [4.78, 5) is 2.69. The number of nitrogens with one attached hydrogen (secondary N) is 1. The standard InChI is InChI=1S/C18H34N2O/c1-3-18(21)14-10-16(19-15-6-4-5-7-15)12-20(11-14)17-8-13(2)9-17/h13-19,21H,3-12H2,1-2H3. The Kier molecular flexibility index (Phi) is 5.23. The molecular weight excluding hydrogens is 260 g/mol. The number of hydrogen-bond acceptors (Lipinski definition) is 3. The average molecular weight is 294 g/mol. The molecule has 0 aromatic carbocycles.